The second-order valence-electron chi connectivity index (χ2n) is 10.1. The number of nitrogens with two attached hydrogens (primary N) is 1. The molecule has 0 aromatic carbocycles. The Hall–Kier alpha value is -1.92. The van der Waals surface area contributed by atoms with Crippen molar-refractivity contribution >= 4 is 31.5 Å². The summed E-state index contributed by atoms with van der Waals surface area (Å²) in [5.41, 5.74) is 6.56. The van der Waals surface area contributed by atoms with Gasteiger partial charge in [-0.3, -0.25) is 4.79 Å². The van der Waals surface area contributed by atoms with Crippen molar-refractivity contribution in [2.24, 2.45) is 0 Å². The van der Waals surface area contributed by atoms with Crippen LogP contribution in [0.2, 0.25) is 18.1 Å². The molecule has 2 aromatic heterocycles. The highest BCUT2D eigenvalue weighted by atomic mass is 28.4. The van der Waals surface area contributed by atoms with E-state index >= 15 is 0 Å². The summed E-state index contributed by atoms with van der Waals surface area (Å²) < 4.78 is 26.7. The van der Waals surface area contributed by atoms with Gasteiger partial charge in [-0.05, 0) is 32.0 Å². The highest BCUT2D eigenvalue weighted by molar-refractivity contribution is 6.74. The molecule has 10 nitrogen and oxygen atoms in total. The number of ether oxygens (including phenoxy) is 3. The topological polar surface area (TPSA) is 124 Å². The first-order chi connectivity index (χ1) is 14.3. The number of anilines is 1. The molecular formula is C20H31N5O5Si. The molecule has 0 aliphatic carbocycles. The molecular weight excluding hydrogens is 418 g/mol. The predicted molar refractivity (Wildman–Crippen MR) is 116 cm³/mol. The maximum atomic E-state index is 11.6. The van der Waals surface area contributed by atoms with Gasteiger partial charge >= 0.3 is 0 Å². The summed E-state index contributed by atoms with van der Waals surface area (Å²) in [6.45, 7) is 15.1. The van der Waals surface area contributed by atoms with E-state index in [9.17, 15) is 4.79 Å². The minimum atomic E-state index is -1.99. The first kappa shape index (κ1) is 22.3. The third-order valence-corrected chi connectivity index (χ3v) is 10.9. The standard InChI is InChI=1S/C20H31N5O5Si/c1-19(2,3)31(6,7)27-9-12-14-15(30-20(4,5)29-14)18(28-12)25-17-13(11(8-26)24-25)16(21)22-10-23-17/h8,10,12,14-15,18H,9H2,1-7H3,(H2,21,22,23)/t12-,14-,15-,18-/m1/s1. The van der Waals surface area contributed by atoms with Crippen LogP contribution >= 0.6 is 0 Å². The molecule has 4 atom stereocenters. The minimum Gasteiger partial charge on any atom is -0.414 e. The lowest BCUT2D eigenvalue weighted by Gasteiger charge is -2.37. The van der Waals surface area contributed by atoms with Crippen molar-refractivity contribution in [1.29, 1.82) is 0 Å². The highest BCUT2D eigenvalue weighted by Gasteiger charge is 2.57. The van der Waals surface area contributed by atoms with Crippen LogP contribution in [0.3, 0.4) is 0 Å². The molecule has 2 aliphatic heterocycles. The fourth-order valence-electron chi connectivity index (χ4n) is 3.78. The summed E-state index contributed by atoms with van der Waals surface area (Å²) in [6.07, 6.45) is 0.183. The van der Waals surface area contributed by atoms with Gasteiger partial charge in [0.05, 0.1) is 12.0 Å². The first-order valence-corrected chi connectivity index (χ1v) is 13.3. The van der Waals surface area contributed by atoms with Crippen molar-refractivity contribution in [2.45, 2.75) is 83.1 Å². The Kier molecular flexibility index (Phi) is 5.25. The van der Waals surface area contributed by atoms with Crippen LogP contribution in [-0.2, 0) is 18.6 Å². The Morgan fingerprint density at radius 2 is 1.94 bits per heavy atom. The van der Waals surface area contributed by atoms with E-state index in [1.807, 2.05) is 13.8 Å². The molecule has 4 heterocycles. The Morgan fingerprint density at radius 3 is 2.58 bits per heavy atom. The number of nitrogen functional groups attached to an aromatic ring is 1. The zero-order chi connectivity index (χ0) is 22.8. The number of rotatable bonds is 5. The quantitative estimate of drug-likeness (QED) is 0.542. The summed E-state index contributed by atoms with van der Waals surface area (Å²) in [6, 6.07) is 0. The van der Waals surface area contributed by atoms with Crippen LogP contribution in [0.15, 0.2) is 6.33 Å². The van der Waals surface area contributed by atoms with Gasteiger partial charge in [0.15, 0.2) is 32.3 Å². The van der Waals surface area contributed by atoms with Crippen LogP contribution in [0.5, 0.6) is 0 Å². The van der Waals surface area contributed by atoms with Crippen LogP contribution in [0, 0.1) is 0 Å². The van der Waals surface area contributed by atoms with Crippen molar-refractivity contribution in [3.05, 3.63) is 12.0 Å². The maximum absolute atomic E-state index is 11.6. The third kappa shape index (κ3) is 3.78. The number of hydrogen-bond acceptors (Lipinski definition) is 9. The smallest absolute Gasteiger partial charge is 0.192 e. The number of nitrogens with zero attached hydrogens (tertiary/aromatic N) is 4. The van der Waals surface area contributed by atoms with E-state index in [2.05, 4.69) is 48.9 Å². The Labute approximate surface area is 182 Å². The molecule has 0 spiro atoms. The van der Waals surface area contributed by atoms with E-state index in [1.54, 1.807) is 4.68 Å². The second kappa shape index (κ2) is 7.31. The lowest BCUT2D eigenvalue weighted by atomic mass is 10.1. The molecule has 0 amide bonds. The fourth-order valence-corrected chi connectivity index (χ4v) is 4.79. The average Bonchev–Trinajstić information content (AvgIpc) is 3.28. The normalized spacial score (nSPS) is 28.2. The predicted octanol–water partition coefficient (Wildman–Crippen LogP) is 2.66. The zero-order valence-corrected chi connectivity index (χ0v) is 20.1. The van der Waals surface area contributed by atoms with E-state index in [1.165, 1.54) is 6.33 Å². The van der Waals surface area contributed by atoms with Gasteiger partial charge in [-0.15, -0.1) is 0 Å². The zero-order valence-electron chi connectivity index (χ0n) is 19.1. The van der Waals surface area contributed by atoms with E-state index in [4.69, 9.17) is 24.4 Å². The van der Waals surface area contributed by atoms with Gasteiger partial charge in [-0.1, -0.05) is 20.8 Å². The summed E-state index contributed by atoms with van der Waals surface area (Å²) in [4.78, 5) is 19.9. The Bertz CT molecular complexity index is 1000. The van der Waals surface area contributed by atoms with Crippen LogP contribution in [0.4, 0.5) is 5.82 Å². The van der Waals surface area contributed by atoms with Crippen LogP contribution < -0.4 is 5.73 Å². The van der Waals surface area contributed by atoms with Crippen LogP contribution in [-0.4, -0.2) is 65.1 Å². The highest BCUT2D eigenvalue weighted by Crippen LogP contribution is 2.45. The molecule has 2 aliphatic rings. The summed E-state index contributed by atoms with van der Waals surface area (Å²) in [7, 11) is -1.99. The van der Waals surface area contributed by atoms with Gasteiger partial charge in [0.2, 0.25) is 0 Å². The molecule has 0 bridgehead atoms. The summed E-state index contributed by atoms with van der Waals surface area (Å²) in [5, 5.41) is 4.89. The molecule has 4 rings (SSSR count). The maximum Gasteiger partial charge on any atom is 0.192 e. The van der Waals surface area contributed by atoms with Gasteiger partial charge in [0, 0.05) is 0 Å². The van der Waals surface area contributed by atoms with Crippen molar-refractivity contribution in [3.8, 4) is 0 Å². The largest absolute Gasteiger partial charge is 0.414 e. The number of fused-ring (bicyclic) bond motifs is 2. The molecule has 0 saturated carbocycles. The van der Waals surface area contributed by atoms with Gasteiger partial charge in [0.1, 0.15) is 36.2 Å². The van der Waals surface area contributed by atoms with Crippen molar-refractivity contribution in [1.82, 2.24) is 19.7 Å². The molecule has 2 saturated heterocycles. The van der Waals surface area contributed by atoms with Gasteiger partial charge < -0.3 is 24.4 Å². The molecule has 2 aromatic rings. The average molecular weight is 450 g/mol. The minimum absolute atomic E-state index is 0.0716. The molecule has 170 valence electrons. The fraction of sp³-hybridized carbons (Fsp3) is 0.700. The van der Waals surface area contributed by atoms with E-state index in [0.717, 1.165) is 0 Å². The van der Waals surface area contributed by atoms with Crippen molar-refractivity contribution in [3.63, 3.8) is 0 Å². The summed E-state index contributed by atoms with van der Waals surface area (Å²) >= 11 is 0. The monoisotopic (exact) mass is 449 g/mol. The number of aldehydes is 1. The SMILES string of the molecule is CC1(C)O[C@@H]2[C@H](O1)[C@@H](CO[Si](C)(C)C(C)(C)C)O[C@H]2n1nc(C=O)c2c(N)ncnc21. The number of aromatic nitrogens is 4. The van der Waals surface area contributed by atoms with Gasteiger partial charge in [-0.25, -0.2) is 14.6 Å². The van der Waals surface area contributed by atoms with Gasteiger partial charge in [0.25, 0.3) is 0 Å². The molecule has 11 heteroatoms. The lowest BCUT2D eigenvalue weighted by molar-refractivity contribution is -0.200. The third-order valence-electron chi connectivity index (χ3n) is 6.44. The molecule has 2 N–H and O–H groups in total. The van der Waals surface area contributed by atoms with Crippen molar-refractivity contribution in [2.75, 3.05) is 12.3 Å². The number of hydrogen-bond donors (Lipinski definition) is 1. The Morgan fingerprint density at radius 1 is 1.26 bits per heavy atom. The van der Waals surface area contributed by atoms with E-state index in [-0.39, 0.29) is 28.8 Å². The van der Waals surface area contributed by atoms with Crippen molar-refractivity contribution < 1.29 is 23.4 Å². The Balaban J connectivity index is 1.68. The lowest BCUT2D eigenvalue weighted by Crippen LogP contribution is -2.44. The first-order valence-electron chi connectivity index (χ1n) is 10.4. The number of carbonyl (C=O) groups is 1. The van der Waals surface area contributed by atoms with Gasteiger partial charge in [-0.2, -0.15) is 5.10 Å². The van der Waals surface area contributed by atoms with E-state index < -0.39 is 26.4 Å². The molecule has 2 fully saturated rings. The molecule has 0 unspecified atom stereocenters. The van der Waals surface area contributed by atoms with E-state index in [0.29, 0.717) is 23.9 Å². The summed E-state index contributed by atoms with van der Waals surface area (Å²) in [5.74, 6) is -0.591. The van der Waals surface area contributed by atoms with Crippen LogP contribution in [0.25, 0.3) is 11.0 Å². The second-order valence-corrected chi connectivity index (χ2v) is 14.9. The number of carbonyl (C=O) groups excluding carboxylic acids is 1. The molecule has 31 heavy (non-hydrogen) atoms. The molecule has 0 radical (unpaired) electrons. The van der Waals surface area contributed by atoms with Crippen LogP contribution in [0.1, 0.15) is 51.3 Å².